The van der Waals surface area contributed by atoms with Crippen LogP contribution in [-0.2, 0) is 6.18 Å². The molecule has 1 heterocycles. The minimum absolute atomic E-state index is 0.641. The molecule has 0 saturated heterocycles. The number of benzene rings is 4. The van der Waals surface area contributed by atoms with Crippen LogP contribution in [0, 0.1) is 0 Å². The minimum Gasteiger partial charge on any atom is -0.497 e. The minimum atomic E-state index is -4.39. The summed E-state index contributed by atoms with van der Waals surface area (Å²) in [5, 5.41) is 0. The molecule has 0 fully saturated rings. The zero-order chi connectivity index (χ0) is 24.4. The quantitative estimate of drug-likeness (QED) is 0.261. The maximum atomic E-state index is 13.1. The number of nitrogens with zero attached hydrogens (tertiary/aromatic N) is 2. The number of hydrogen-bond donors (Lipinski definition) is 0. The van der Waals surface area contributed by atoms with Crippen molar-refractivity contribution in [2.24, 2.45) is 0 Å². The van der Waals surface area contributed by atoms with E-state index in [9.17, 15) is 13.2 Å². The van der Waals surface area contributed by atoms with E-state index in [4.69, 9.17) is 9.72 Å². The van der Waals surface area contributed by atoms with Gasteiger partial charge >= 0.3 is 6.18 Å². The van der Waals surface area contributed by atoms with E-state index in [2.05, 4.69) is 0 Å². The van der Waals surface area contributed by atoms with E-state index >= 15 is 0 Å². The van der Waals surface area contributed by atoms with E-state index in [1.165, 1.54) is 12.1 Å². The molecule has 4 aromatic carbocycles. The van der Waals surface area contributed by atoms with Gasteiger partial charge in [-0.2, -0.15) is 13.2 Å². The molecular weight excluding hydrogens is 449 g/mol. The van der Waals surface area contributed by atoms with Gasteiger partial charge < -0.3 is 4.74 Å². The fourth-order valence-corrected chi connectivity index (χ4v) is 4.11. The van der Waals surface area contributed by atoms with E-state index in [1.54, 1.807) is 13.3 Å². The summed E-state index contributed by atoms with van der Waals surface area (Å²) < 4.78 is 46.6. The highest BCUT2D eigenvalue weighted by molar-refractivity contribution is 5.83. The normalized spacial score (nSPS) is 11.4. The first-order valence-electron chi connectivity index (χ1n) is 11.0. The molecule has 5 rings (SSSR count). The largest absolute Gasteiger partial charge is 0.497 e. The lowest BCUT2D eigenvalue weighted by Gasteiger charge is -2.16. The molecule has 0 spiro atoms. The second-order valence-electron chi connectivity index (χ2n) is 7.99. The van der Waals surface area contributed by atoms with Crippen LogP contribution in [0.5, 0.6) is 5.75 Å². The molecule has 0 N–H and O–H groups in total. The van der Waals surface area contributed by atoms with E-state index in [-0.39, 0.29) is 0 Å². The maximum absolute atomic E-state index is 13.1. The molecule has 0 aliphatic carbocycles. The lowest BCUT2D eigenvalue weighted by Crippen LogP contribution is -2.04. The number of hydrogen-bond acceptors (Lipinski definition) is 2. The second kappa shape index (κ2) is 9.14. The van der Waals surface area contributed by atoms with Crippen molar-refractivity contribution in [2.75, 3.05) is 7.11 Å². The van der Waals surface area contributed by atoms with Gasteiger partial charge in [0.1, 0.15) is 11.6 Å². The molecular formula is C29H21F3N2O. The Morgan fingerprint density at radius 1 is 0.686 bits per heavy atom. The van der Waals surface area contributed by atoms with Gasteiger partial charge in [0.2, 0.25) is 0 Å². The average Bonchev–Trinajstić information content (AvgIpc) is 3.34. The van der Waals surface area contributed by atoms with Gasteiger partial charge in [0.15, 0.2) is 0 Å². The maximum Gasteiger partial charge on any atom is 0.416 e. The van der Waals surface area contributed by atoms with Crippen LogP contribution in [0.25, 0.3) is 39.5 Å². The molecule has 5 aromatic rings. The van der Waals surface area contributed by atoms with Crippen molar-refractivity contribution < 1.29 is 17.9 Å². The summed E-state index contributed by atoms with van der Waals surface area (Å²) in [6.07, 6.45) is -2.68. The highest BCUT2D eigenvalue weighted by Crippen LogP contribution is 2.37. The molecule has 3 nitrogen and oxygen atoms in total. The van der Waals surface area contributed by atoms with Crippen molar-refractivity contribution in [2.45, 2.75) is 6.18 Å². The first-order chi connectivity index (χ1) is 17.0. The van der Waals surface area contributed by atoms with Crippen LogP contribution in [0.4, 0.5) is 13.2 Å². The number of imidazole rings is 1. The Hall–Kier alpha value is -4.32. The number of para-hydroxylation sites is 1. The van der Waals surface area contributed by atoms with Crippen LogP contribution < -0.4 is 4.74 Å². The molecule has 0 atom stereocenters. The predicted octanol–water partition coefficient (Wildman–Crippen LogP) is 7.90. The first-order valence-corrected chi connectivity index (χ1v) is 11.0. The van der Waals surface area contributed by atoms with Gasteiger partial charge in [0.25, 0.3) is 0 Å². The zero-order valence-corrected chi connectivity index (χ0v) is 18.8. The molecule has 0 amide bonds. The van der Waals surface area contributed by atoms with Crippen molar-refractivity contribution in [3.8, 4) is 45.2 Å². The van der Waals surface area contributed by atoms with Crippen LogP contribution in [0.3, 0.4) is 0 Å². The summed E-state index contributed by atoms with van der Waals surface area (Å²) in [6, 6.07) is 30.6. The number of rotatable bonds is 5. The highest BCUT2D eigenvalue weighted by Gasteiger charge is 2.30. The van der Waals surface area contributed by atoms with Crippen LogP contribution in [-0.4, -0.2) is 16.7 Å². The summed E-state index contributed by atoms with van der Waals surface area (Å²) in [6.45, 7) is 0. The molecule has 0 aliphatic rings. The third kappa shape index (κ3) is 4.43. The molecule has 6 heteroatoms. The Balaban J connectivity index is 1.69. The summed E-state index contributed by atoms with van der Waals surface area (Å²) in [5.74, 6) is 1.46. The van der Waals surface area contributed by atoms with Gasteiger partial charge in [-0.05, 0) is 47.5 Å². The summed E-state index contributed by atoms with van der Waals surface area (Å²) in [4.78, 5) is 4.75. The fraction of sp³-hybridized carbons (Fsp3) is 0.0690. The summed E-state index contributed by atoms with van der Waals surface area (Å²) in [7, 11) is 1.63. The van der Waals surface area contributed by atoms with Crippen LogP contribution in [0.15, 0.2) is 109 Å². The summed E-state index contributed by atoms with van der Waals surface area (Å²) in [5.41, 5.74) is 4.40. The van der Waals surface area contributed by atoms with Gasteiger partial charge in [-0.25, -0.2) is 4.98 Å². The second-order valence-corrected chi connectivity index (χ2v) is 7.99. The van der Waals surface area contributed by atoms with Crippen molar-refractivity contribution in [3.05, 3.63) is 115 Å². The average molecular weight is 470 g/mol. The predicted molar refractivity (Wildman–Crippen MR) is 131 cm³/mol. The molecule has 35 heavy (non-hydrogen) atoms. The number of methoxy groups -OCH3 is 1. The molecule has 174 valence electrons. The first kappa shape index (κ1) is 22.5. The van der Waals surface area contributed by atoms with E-state index < -0.39 is 11.7 Å². The van der Waals surface area contributed by atoms with E-state index in [0.29, 0.717) is 17.1 Å². The Kier molecular flexibility index (Phi) is 5.87. The smallest absolute Gasteiger partial charge is 0.416 e. The van der Waals surface area contributed by atoms with Gasteiger partial charge in [0, 0.05) is 16.8 Å². The molecule has 0 saturated carbocycles. The van der Waals surface area contributed by atoms with Gasteiger partial charge in [-0.15, -0.1) is 0 Å². The Morgan fingerprint density at radius 2 is 1.29 bits per heavy atom. The van der Waals surface area contributed by atoms with Crippen LogP contribution in [0.1, 0.15) is 5.56 Å². The molecule has 0 unspecified atom stereocenters. The van der Waals surface area contributed by atoms with Crippen molar-refractivity contribution >= 4 is 0 Å². The SMILES string of the molecule is COc1ccc(-c2ccccc2-c2ncc(-c3ccc(C(F)(F)F)cc3)n2-c2ccccc2)cc1. The van der Waals surface area contributed by atoms with Gasteiger partial charge in [-0.1, -0.05) is 66.7 Å². The van der Waals surface area contributed by atoms with Crippen molar-refractivity contribution in [3.63, 3.8) is 0 Å². The van der Waals surface area contributed by atoms with Gasteiger partial charge in [-0.3, -0.25) is 4.57 Å². The number of alkyl halides is 3. The lowest BCUT2D eigenvalue weighted by atomic mass is 9.99. The third-order valence-corrected chi connectivity index (χ3v) is 5.85. The van der Waals surface area contributed by atoms with E-state index in [1.807, 2.05) is 83.4 Å². The zero-order valence-electron chi connectivity index (χ0n) is 18.8. The number of halogens is 3. The van der Waals surface area contributed by atoms with Crippen molar-refractivity contribution in [1.82, 2.24) is 9.55 Å². The standard InChI is InChI=1S/C29H21F3N2O/c1-35-24-17-13-20(14-18-24)25-9-5-6-10-26(25)28-33-19-27(34(28)23-7-3-2-4-8-23)21-11-15-22(16-12-21)29(30,31)32/h2-19H,1H3. The van der Waals surface area contributed by atoms with Gasteiger partial charge in [0.05, 0.1) is 24.6 Å². The summed E-state index contributed by atoms with van der Waals surface area (Å²) >= 11 is 0. The Labute approximate surface area is 201 Å². The molecule has 0 aliphatic heterocycles. The van der Waals surface area contributed by atoms with Crippen molar-refractivity contribution in [1.29, 1.82) is 0 Å². The number of ether oxygens (including phenoxy) is 1. The fourth-order valence-electron chi connectivity index (χ4n) is 4.11. The Bertz CT molecular complexity index is 1440. The monoisotopic (exact) mass is 470 g/mol. The topological polar surface area (TPSA) is 27.1 Å². The van der Waals surface area contributed by atoms with Crippen LogP contribution in [0.2, 0.25) is 0 Å². The Morgan fingerprint density at radius 3 is 1.91 bits per heavy atom. The third-order valence-electron chi connectivity index (χ3n) is 5.85. The lowest BCUT2D eigenvalue weighted by molar-refractivity contribution is -0.137. The molecule has 1 aromatic heterocycles. The highest BCUT2D eigenvalue weighted by atomic mass is 19.4. The van der Waals surface area contributed by atoms with E-state index in [0.717, 1.165) is 40.3 Å². The molecule has 0 radical (unpaired) electrons. The number of aromatic nitrogens is 2. The van der Waals surface area contributed by atoms with Crippen LogP contribution >= 0.6 is 0 Å². The molecule has 0 bridgehead atoms.